The van der Waals surface area contributed by atoms with Crippen molar-refractivity contribution >= 4 is 34.6 Å². The summed E-state index contributed by atoms with van der Waals surface area (Å²) in [6.45, 7) is 6.48. The fourth-order valence-electron chi connectivity index (χ4n) is 2.38. The highest BCUT2D eigenvalue weighted by Gasteiger charge is 2.20. The smallest absolute Gasteiger partial charge is 0.321 e. The fraction of sp³-hybridized carbons (Fsp3) is 0.444. The fourth-order valence-corrected chi connectivity index (χ4v) is 3.32. The van der Waals surface area contributed by atoms with Crippen molar-refractivity contribution < 1.29 is 9.59 Å². The zero-order chi connectivity index (χ0) is 19.1. The number of imide groups is 1. The summed E-state index contributed by atoms with van der Waals surface area (Å²) < 4.78 is 1.62. The monoisotopic (exact) mass is 376 g/mol. The summed E-state index contributed by atoms with van der Waals surface area (Å²) in [4.78, 5) is 41.1. The van der Waals surface area contributed by atoms with Crippen molar-refractivity contribution in [1.29, 1.82) is 0 Å². The maximum atomic E-state index is 12.8. The maximum Gasteiger partial charge on any atom is 0.321 e. The second-order valence-corrected chi connectivity index (χ2v) is 7.14. The summed E-state index contributed by atoms with van der Waals surface area (Å²) in [6, 6.07) is 6.65. The summed E-state index contributed by atoms with van der Waals surface area (Å²) in [5.41, 5.74) is 0.493. The van der Waals surface area contributed by atoms with Crippen molar-refractivity contribution in [1.82, 2.24) is 20.2 Å². The zero-order valence-electron chi connectivity index (χ0n) is 15.2. The van der Waals surface area contributed by atoms with Crippen molar-refractivity contribution in [3.8, 4) is 0 Å². The molecule has 2 aromatic rings. The van der Waals surface area contributed by atoms with E-state index >= 15 is 0 Å². The number of fused-ring (bicyclic) bond motifs is 1. The second kappa shape index (κ2) is 9.38. The predicted octanol–water partition coefficient (Wildman–Crippen LogP) is 2.52. The Hall–Kier alpha value is -2.35. The Kier molecular flexibility index (Phi) is 7.20. The number of carbonyl (C=O) groups excluding carboxylic acids is 2. The Morgan fingerprint density at radius 1 is 1.27 bits per heavy atom. The summed E-state index contributed by atoms with van der Waals surface area (Å²) in [6.07, 6.45) is 1.78. The third kappa shape index (κ3) is 4.85. The van der Waals surface area contributed by atoms with E-state index in [1.165, 1.54) is 11.8 Å². The van der Waals surface area contributed by atoms with Gasteiger partial charge >= 0.3 is 6.03 Å². The van der Waals surface area contributed by atoms with Crippen LogP contribution in [-0.2, 0) is 11.3 Å². The minimum atomic E-state index is -0.571. The van der Waals surface area contributed by atoms with E-state index in [1.54, 1.807) is 30.5 Å². The maximum absolute atomic E-state index is 12.8. The van der Waals surface area contributed by atoms with Gasteiger partial charge in [-0.3, -0.25) is 19.5 Å². The Labute approximate surface area is 156 Å². The molecule has 1 atom stereocenters. The molecule has 0 aliphatic rings. The Bertz CT molecular complexity index is 850. The molecule has 0 bridgehead atoms. The van der Waals surface area contributed by atoms with Gasteiger partial charge in [0.25, 0.3) is 5.56 Å². The molecule has 0 saturated carbocycles. The molecule has 0 aliphatic heterocycles. The van der Waals surface area contributed by atoms with E-state index in [0.29, 0.717) is 29.1 Å². The lowest BCUT2D eigenvalue weighted by atomic mass is 10.2. The normalized spacial score (nSPS) is 12.0. The van der Waals surface area contributed by atoms with E-state index in [4.69, 9.17) is 0 Å². The van der Waals surface area contributed by atoms with Crippen LogP contribution in [-0.4, -0.2) is 33.3 Å². The number of para-hydroxylation sites is 1. The molecule has 1 aromatic heterocycles. The van der Waals surface area contributed by atoms with E-state index < -0.39 is 17.2 Å². The van der Waals surface area contributed by atoms with Gasteiger partial charge in [-0.1, -0.05) is 37.2 Å². The van der Waals surface area contributed by atoms with E-state index in [0.717, 1.165) is 12.8 Å². The summed E-state index contributed by atoms with van der Waals surface area (Å²) in [7, 11) is 0. The molecule has 0 spiro atoms. The van der Waals surface area contributed by atoms with Gasteiger partial charge in [-0.2, -0.15) is 0 Å². The quantitative estimate of drug-likeness (QED) is 0.572. The zero-order valence-corrected chi connectivity index (χ0v) is 16.1. The van der Waals surface area contributed by atoms with Crippen LogP contribution in [0, 0.1) is 0 Å². The molecular formula is C18H24N4O3S. The SMILES string of the molecule is CCCCn1c(S[C@@H](C)C(=O)NC(=O)NCC)nc2ccccc2c1=O. The molecule has 0 unspecified atom stereocenters. The van der Waals surface area contributed by atoms with E-state index in [2.05, 4.69) is 22.5 Å². The molecule has 0 radical (unpaired) electrons. The highest BCUT2D eigenvalue weighted by molar-refractivity contribution is 8.00. The number of aromatic nitrogens is 2. The van der Waals surface area contributed by atoms with Gasteiger partial charge in [0, 0.05) is 13.1 Å². The lowest BCUT2D eigenvalue weighted by molar-refractivity contribution is -0.119. The average molecular weight is 376 g/mol. The predicted molar refractivity (Wildman–Crippen MR) is 103 cm³/mol. The first-order chi connectivity index (χ1) is 12.5. The van der Waals surface area contributed by atoms with Crippen LogP contribution in [0.25, 0.3) is 10.9 Å². The van der Waals surface area contributed by atoms with E-state index in [-0.39, 0.29) is 5.56 Å². The van der Waals surface area contributed by atoms with E-state index in [9.17, 15) is 14.4 Å². The Balaban J connectivity index is 2.30. The number of hydrogen-bond donors (Lipinski definition) is 2. The first kappa shape index (κ1) is 20.0. The number of benzene rings is 1. The van der Waals surface area contributed by atoms with Crippen molar-refractivity contribution in [3.63, 3.8) is 0 Å². The molecule has 2 rings (SSSR count). The molecule has 7 nitrogen and oxygen atoms in total. The lowest BCUT2D eigenvalue weighted by Crippen LogP contribution is -2.42. The summed E-state index contributed by atoms with van der Waals surface area (Å²) in [5, 5.41) is 5.29. The molecule has 1 heterocycles. The van der Waals surface area contributed by atoms with E-state index in [1.807, 2.05) is 12.1 Å². The molecule has 8 heteroatoms. The third-order valence-corrected chi connectivity index (χ3v) is 4.88. The van der Waals surface area contributed by atoms with Gasteiger partial charge < -0.3 is 5.32 Å². The highest BCUT2D eigenvalue weighted by atomic mass is 32.2. The highest BCUT2D eigenvalue weighted by Crippen LogP contribution is 2.23. The first-order valence-corrected chi connectivity index (χ1v) is 9.60. The van der Waals surface area contributed by atoms with Gasteiger partial charge in [0.1, 0.15) is 0 Å². The van der Waals surface area contributed by atoms with Crippen molar-refractivity contribution in [2.45, 2.75) is 50.6 Å². The second-order valence-electron chi connectivity index (χ2n) is 5.83. The standard InChI is InChI=1S/C18H24N4O3S/c1-4-6-11-22-16(24)13-9-7-8-10-14(13)20-18(22)26-12(3)15(23)21-17(25)19-5-2/h7-10,12H,4-6,11H2,1-3H3,(H2,19,21,23,25)/t12-/m0/s1. The van der Waals surface area contributed by atoms with Gasteiger partial charge in [0.15, 0.2) is 5.16 Å². The number of carbonyl (C=O) groups is 2. The Morgan fingerprint density at radius 3 is 2.69 bits per heavy atom. The van der Waals surface area contributed by atoms with Gasteiger partial charge in [0.05, 0.1) is 16.2 Å². The van der Waals surface area contributed by atoms with Crippen LogP contribution in [0.4, 0.5) is 4.79 Å². The first-order valence-electron chi connectivity index (χ1n) is 8.72. The van der Waals surface area contributed by atoms with Crippen molar-refractivity contribution in [2.24, 2.45) is 0 Å². The summed E-state index contributed by atoms with van der Waals surface area (Å²) >= 11 is 1.18. The number of urea groups is 1. The Morgan fingerprint density at radius 2 is 2.00 bits per heavy atom. The molecule has 0 aliphatic carbocycles. The third-order valence-electron chi connectivity index (χ3n) is 3.79. The lowest BCUT2D eigenvalue weighted by Gasteiger charge is -2.16. The van der Waals surface area contributed by atoms with Gasteiger partial charge in [-0.05, 0) is 32.4 Å². The van der Waals surface area contributed by atoms with Crippen LogP contribution < -0.4 is 16.2 Å². The number of nitrogens with zero attached hydrogens (tertiary/aromatic N) is 2. The van der Waals surface area contributed by atoms with Crippen molar-refractivity contribution in [2.75, 3.05) is 6.54 Å². The number of hydrogen-bond acceptors (Lipinski definition) is 5. The molecule has 26 heavy (non-hydrogen) atoms. The minimum Gasteiger partial charge on any atom is -0.338 e. The van der Waals surface area contributed by atoms with Crippen molar-refractivity contribution in [3.05, 3.63) is 34.6 Å². The molecule has 0 saturated heterocycles. The van der Waals surface area contributed by atoms with Crippen LogP contribution >= 0.6 is 11.8 Å². The average Bonchev–Trinajstić information content (AvgIpc) is 2.61. The van der Waals surface area contributed by atoms with Crippen LogP contribution in [0.2, 0.25) is 0 Å². The largest absolute Gasteiger partial charge is 0.338 e. The number of nitrogens with one attached hydrogen (secondary N) is 2. The number of unbranched alkanes of at least 4 members (excludes halogenated alkanes) is 1. The van der Waals surface area contributed by atoms with Crippen LogP contribution in [0.5, 0.6) is 0 Å². The number of thioether (sulfide) groups is 1. The molecule has 3 amide bonds. The van der Waals surface area contributed by atoms with Gasteiger partial charge in [-0.25, -0.2) is 9.78 Å². The molecular weight excluding hydrogens is 352 g/mol. The summed E-state index contributed by atoms with van der Waals surface area (Å²) in [5.74, 6) is -0.426. The topological polar surface area (TPSA) is 93.1 Å². The van der Waals surface area contributed by atoms with Crippen LogP contribution in [0.3, 0.4) is 0 Å². The molecule has 1 aromatic carbocycles. The molecule has 140 valence electrons. The minimum absolute atomic E-state index is 0.108. The van der Waals surface area contributed by atoms with Crippen LogP contribution in [0.15, 0.2) is 34.2 Å². The van der Waals surface area contributed by atoms with Crippen LogP contribution in [0.1, 0.15) is 33.6 Å². The van der Waals surface area contributed by atoms with Gasteiger partial charge in [0.2, 0.25) is 5.91 Å². The number of rotatable bonds is 7. The van der Waals surface area contributed by atoms with Gasteiger partial charge in [-0.15, -0.1) is 0 Å². The molecule has 2 N–H and O–H groups in total. The number of amides is 3. The molecule has 0 fully saturated rings.